The highest BCUT2D eigenvalue weighted by molar-refractivity contribution is 6.00. The lowest BCUT2D eigenvalue weighted by molar-refractivity contribution is -0.164. The second-order valence-electron chi connectivity index (χ2n) is 8.17. The fourth-order valence-corrected chi connectivity index (χ4v) is 3.85. The molecule has 0 bridgehead atoms. The fraction of sp³-hybridized carbons (Fsp3) is 0.600. The Labute approximate surface area is 143 Å². The molecule has 1 aliphatic heterocycles. The molecule has 3 atom stereocenters. The van der Waals surface area contributed by atoms with Crippen molar-refractivity contribution in [1.29, 1.82) is 0 Å². The Morgan fingerprint density at radius 3 is 2.67 bits per heavy atom. The largest absolute Gasteiger partial charge is 0.486 e. The van der Waals surface area contributed by atoms with E-state index in [0.717, 1.165) is 0 Å². The van der Waals surface area contributed by atoms with Crippen LogP contribution in [0.2, 0.25) is 0 Å². The summed E-state index contributed by atoms with van der Waals surface area (Å²) in [5.74, 6) is 0.698. The number of ether oxygens (including phenoxy) is 2. The van der Waals surface area contributed by atoms with E-state index < -0.39 is 11.2 Å². The highest BCUT2D eigenvalue weighted by atomic mass is 16.6. The minimum absolute atomic E-state index is 0.110. The van der Waals surface area contributed by atoms with Gasteiger partial charge < -0.3 is 9.47 Å². The quantitative estimate of drug-likeness (QED) is 0.725. The van der Waals surface area contributed by atoms with E-state index in [0.29, 0.717) is 37.0 Å². The van der Waals surface area contributed by atoms with Gasteiger partial charge in [0.25, 0.3) is 0 Å². The summed E-state index contributed by atoms with van der Waals surface area (Å²) >= 11 is 0. The standard InChI is InChI=1S/C20H26O4/c1-13-11-14(18(22)24-19(2,3)4)9-10-20(13)12-16(21)15-7-5-6-8-17(15)23-20/h5-8,13-14H,9-12H2,1-4H3. The Kier molecular flexibility index (Phi) is 4.18. The SMILES string of the molecule is CC1CC(C(=O)OC(C)(C)C)CCC12CC(=O)c1ccccc1O2. The van der Waals surface area contributed by atoms with E-state index in [4.69, 9.17) is 9.47 Å². The van der Waals surface area contributed by atoms with Crippen LogP contribution in [0.3, 0.4) is 0 Å². The molecule has 0 saturated heterocycles. The van der Waals surface area contributed by atoms with Gasteiger partial charge in [-0.05, 0) is 58.1 Å². The number of carbonyl (C=O) groups excluding carboxylic acids is 2. The predicted molar refractivity (Wildman–Crippen MR) is 91.1 cm³/mol. The maximum Gasteiger partial charge on any atom is 0.309 e. The third-order valence-electron chi connectivity index (χ3n) is 5.15. The van der Waals surface area contributed by atoms with Gasteiger partial charge in [0.2, 0.25) is 0 Å². The van der Waals surface area contributed by atoms with Gasteiger partial charge >= 0.3 is 5.97 Å². The number of esters is 1. The molecule has 1 spiro atoms. The predicted octanol–water partition coefficient (Wildman–Crippen LogP) is 4.17. The molecule has 1 aromatic rings. The molecule has 4 nitrogen and oxygen atoms in total. The number of hydrogen-bond acceptors (Lipinski definition) is 4. The Morgan fingerprint density at radius 1 is 1.29 bits per heavy atom. The van der Waals surface area contributed by atoms with Crippen molar-refractivity contribution in [3.05, 3.63) is 29.8 Å². The van der Waals surface area contributed by atoms with Gasteiger partial charge in [0.1, 0.15) is 17.0 Å². The lowest BCUT2D eigenvalue weighted by atomic mass is 9.68. The average Bonchev–Trinajstić information content (AvgIpc) is 2.48. The number of benzene rings is 1. The molecule has 0 aromatic heterocycles. The summed E-state index contributed by atoms with van der Waals surface area (Å²) in [4.78, 5) is 24.9. The van der Waals surface area contributed by atoms with E-state index >= 15 is 0 Å². The number of fused-ring (bicyclic) bond motifs is 1. The van der Waals surface area contributed by atoms with Gasteiger partial charge in [-0.3, -0.25) is 9.59 Å². The highest BCUT2D eigenvalue weighted by Gasteiger charge is 2.49. The maximum absolute atomic E-state index is 12.5. The van der Waals surface area contributed by atoms with Gasteiger partial charge in [-0.1, -0.05) is 19.1 Å². The van der Waals surface area contributed by atoms with Gasteiger partial charge in [0, 0.05) is 0 Å². The average molecular weight is 330 g/mol. The van der Waals surface area contributed by atoms with Crippen LogP contribution < -0.4 is 4.74 Å². The summed E-state index contributed by atoms with van der Waals surface area (Å²) in [5, 5.41) is 0. The zero-order chi connectivity index (χ0) is 17.5. The summed E-state index contributed by atoms with van der Waals surface area (Å²) in [5.41, 5.74) is -0.278. The van der Waals surface area contributed by atoms with E-state index in [1.807, 2.05) is 45.0 Å². The molecule has 1 fully saturated rings. The van der Waals surface area contributed by atoms with Crippen molar-refractivity contribution in [2.45, 2.75) is 64.6 Å². The van der Waals surface area contributed by atoms with Crippen LogP contribution in [0, 0.1) is 11.8 Å². The third kappa shape index (κ3) is 3.19. The lowest BCUT2D eigenvalue weighted by Crippen LogP contribution is -2.51. The molecule has 1 aromatic carbocycles. The monoisotopic (exact) mass is 330 g/mol. The molecule has 24 heavy (non-hydrogen) atoms. The molecule has 3 unspecified atom stereocenters. The van der Waals surface area contributed by atoms with Crippen molar-refractivity contribution in [3.8, 4) is 5.75 Å². The van der Waals surface area contributed by atoms with Crippen molar-refractivity contribution in [3.63, 3.8) is 0 Å². The molecule has 1 saturated carbocycles. The number of para-hydroxylation sites is 1. The molecule has 0 amide bonds. The van der Waals surface area contributed by atoms with Crippen LogP contribution in [-0.4, -0.2) is 23.0 Å². The van der Waals surface area contributed by atoms with Gasteiger partial charge in [0.15, 0.2) is 5.78 Å². The number of Topliss-reactive ketones (excluding diaryl/α,β-unsaturated/α-hetero) is 1. The minimum atomic E-state index is -0.482. The summed E-state index contributed by atoms with van der Waals surface area (Å²) < 4.78 is 11.8. The molecular formula is C20H26O4. The second-order valence-corrected chi connectivity index (χ2v) is 8.17. The van der Waals surface area contributed by atoms with Gasteiger partial charge in [-0.25, -0.2) is 0 Å². The molecule has 4 heteroatoms. The first-order chi connectivity index (χ1) is 11.2. The number of hydrogen-bond donors (Lipinski definition) is 0. The summed E-state index contributed by atoms with van der Waals surface area (Å²) in [6, 6.07) is 7.44. The maximum atomic E-state index is 12.5. The third-order valence-corrected chi connectivity index (χ3v) is 5.15. The first kappa shape index (κ1) is 17.0. The Hall–Kier alpha value is -1.84. The van der Waals surface area contributed by atoms with Gasteiger partial charge in [0.05, 0.1) is 17.9 Å². The Balaban J connectivity index is 1.75. The first-order valence-electron chi connectivity index (χ1n) is 8.74. The van der Waals surface area contributed by atoms with Crippen LogP contribution in [0.15, 0.2) is 24.3 Å². The Morgan fingerprint density at radius 2 is 2.00 bits per heavy atom. The van der Waals surface area contributed by atoms with Gasteiger partial charge in [-0.2, -0.15) is 0 Å². The van der Waals surface area contributed by atoms with Crippen molar-refractivity contribution in [1.82, 2.24) is 0 Å². The number of rotatable bonds is 1. The smallest absolute Gasteiger partial charge is 0.309 e. The van der Waals surface area contributed by atoms with E-state index in [2.05, 4.69) is 6.92 Å². The molecule has 0 radical (unpaired) electrons. The summed E-state index contributed by atoms with van der Waals surface area (Å²) in [6.07, 6.45) is 2.50. The number of ketones is 1. The fourth-order valence-electron chi connectivity index (χ4n) is 3.85. The van der Waals surface area contributed by atoms with E-state index in [9.17, 15) is 9.59 Å². The van der Waals surface area contributed by atoms with Crippen LogP contribution in [0.25, 0.3) is 0 Å². The zero-order valence-corrected chi connectivity index (χ0v) is 14.9. The van der Waals surface area contributed by atoms with Crippen molar-refractivity contribution in [2.75, 3.05) is 0 Å². The molecule has 0 N–H and O–H groups in total. The Bertz CT molecular complexity index is 658. The minimum Gasteiger partial charge on any atom is -0.486 e. The normalized spacial score (nSPS) is 29.8. The van der Waals surface area contributed by atoms with Crippen LogP contribution in [0.4, 0.5) is 0 Å². The first-order valence-corrected chi connectivity index (χ1v) is 8.74. The molecule has 1 heterocycles. The summed E-state index contributed by atoms with van der Waals surface area (Å²) in [6.45, 7) is 7.74. The molecule has 2 aliphatic rings. The highest BCUT2D eigenvalue weighted by Crippen LogP contribution is 2.46. The second kappa shape index (κ2) is 5.91. The number of carbonyl (C=O) groups is 2. The van der Waals surface area contributed by atoms with Crippen LogP contribution in [0.5, 0.6) is 5.75 Å². The zero-order valence-electron chi connectivity index (χ0n) is 14.9. The lowest BCUT2D eigenvalue weighted by Gasteiger charge is -2.46. The topological polar surface area (TPSA) is 52.6 Å². The summed E-state index contributed by atoms with van der Waals surface area (Å²) in [7, 11) is 0. The van der Waals surface area contributed by atoms with Crippen molar-refractivity contribution in [2.24, 2.45) is 11.8 Å². The van der Waals surface area contributed by atoms with E-state index in [1.165, 1.54) is 0 Å². The molecule has 3 rings (SSSR count). The van der Waals surface area contributed by atoms with E-state index in [-0.39, 0.29) is 23.6 Å². The van der Waals surface area contributed by atoms with Crippen LogP contribution in [-0.2, 0) is 9.53 Å². The van der Waals surface area contributed by atoms with Crippen LogP contribution >= 0.6 is 0 Å². The van der Waals surface area contributed by atoms with E-state index in [1.54, 1.807) is 0 Å². The molecule has 130 valence electrons. The molecule has 1 aliphatic carbocycles. The van der Waals surface area contributed by atoms with Crippen molar-refractivity contribution >= 4 is 11.8 Å². The van der Waals surface area contributed by atoms with Gasteiger partial charge in [-0.15, -0.1) is 0 Å². The molecular weight excluding hydrogens is 304 g/mol. The van der Waals surface area contributed by atoms with Crippen LogP contribution in [0.1, 0.15) is 63.7 Å². The van der Waals surface area contributed by atoms with Crippen molar-refractivity contribution < 1.29 is 19.1 Å².